The van der Waals surface area contributed by atoms with Crippen LogP contribution in [0.4, 0.5) is 5.69 Å². The third kappa shape index (κ3) is 4.27. The fourth-order valence-electron chi connectivity index (χ4n) is 2.11. The highest BCUT2D eigenvalue weighted by molar-refractivity contribution is 7.89. The molecule has 0 radical (unpaired) electrons. The summed E-state index contributed by atoms with van der Waals surface area (Å²) in [5, 5.41) is 12.1. The van der Waals surface area contributed by atoms with E-state index in [1.165, 1.54) is 44.4 Å². The first-order valence-corrected chi connectivity index (χ1v) is 9.48. The lowest BCUT2D eigenvalue weighted by Crippen LogP contribution is -2.23. The Morgan fingerprint density at radius 3 is 2.50 bits per heavy atom. The molecule has 0 aliphatic heterocycles. The number of aromatic hydroxyl groups is 1. The highest BCUT2D eigenvalue weighted by atomic mass is 35.5. The van der Waals surface area contributed by atoms with Crippen molar-refractivity contribution in [1.82, 2.24) is 4.31 Å². The maximum absolute atomic E-state index is 12.5. The molecule has 0 heterocycles. The minimum atomic E-state index is -3.76. The fourth-order valence-corrected chi connectivity index (χ4v) is 3.34. The molecule has 2 aromatic rings. The van der Waals surface area contributed by atoms with Crippen LogP contribution >= 0.6 is 11.6 Å². The van der Waals surface area contributed by atoms with Crippen LogP contribution in [0.25, 0.3) is 0 Å². The number of nitrogens with one attached hydrogen (secondary N) is 1. The Morgan fingerprint density at radius 2 is 1.92 bits per heavy atom. The van der Waals surface area contributed by atoms with Crippen molar-refractivity contribution in [3.8, 4) is 11.5 Å². The molecule has 9 heteroatoms. The summed E-state index contributed by atoms with van der Waals surface area (Å²) in [7, 11) is -0.939. The molecule has 0 spiro atoms. The van der Waals surface area contributed by atoms with E-state index in [1.807, 2.05) is 0 Å². The quantitative estimate of drug-likeness (QED) is 0.779. The fraction of sp³-hybridized carbons (Fsp3) is 0.235. The third-order valence-corrected chi connectivity index (χ3v) is 5.61. The van der Waals surface area contributed by atoms with Crippen LogP contribution in [0.1, 0.15) is 17.3 Å². The number of benzene rings is 2. The molecule has 2 N–H and O–H groups in total. The van der Waals surface area contributed by atoms with Crippen molar-refractivity contribution >= 4 is 33.2 Å². The van der Waals surface area contributed by atoms with Crippen LogP contribution in [0.5, 0.6) is 11.5 Å². The summed E-state index contributed by atoms with van der Waals surface area (Å²) in [6.45, 7) is 2.05. The Hall–Kier alpha value is -2.29. The number of anilines is 1. The van der Waals surface area contributed by atoms with Crippen molar-refractivity contribution in [2.75, 3.05) is 26.0 Å². The van der Waals surface area contributed by atoms with Crippen molar-refractivity contribution in [3.63, 3.8) is 0 Å². The largest absolute Gasteiger partial charge is 0.506 e. The maximum atomic E-state index is 12.5. The van der Waals surface area contributed by atoms with Gasteiger partial charge in [0.2, 0.25) is 10.0 Å². The Labute approximate surface area is 157 Å². The van der Waals surface area contributed by atoms with Gasteiger partial charge in [-0.15, -0.1) is 0 Å². The van der Waals surface area contributed by atoms with Crippen LogP contribution in [-0.2, 0) is 10.0 Å². The standard InChI is InChI=1S/C17H19ClN2O5S/c1-4-25-15-8-6-12(10-16(15)26(23,24)20(2)3)19-17(22)11-5-7-14(21)13(18)9-11/h5-10,21H,4H2,1-3H3,(H,19,22). The average molecular weight is 399 g/mol. The van der Waals surface area contributed by atoms with Crippen molar-refractivity contribution < 1.29 is 23.1 Å². The molecular weight excluding hydrogens is 380 g/mol. The summed E-state index contributed by atoms with van der Waals surface area (Å²) in [5.74, 6) is -0.431. The number of ether oxygens (including phenoxy) is 1. The van der Waals surface area contributed by atoms with Crippen molar-refractivity contribution in [2.45, 2.75) is 11.8 Å². The zero-order valence-corrected chi connectivity index (χ0v) is 16.1. The van der Waals surface area contributed by atoms with Crippen LogP contribution in [-0.4, -0.2) is 44.4 Å². The summed E-state index contributed by atoms with van der Waals surface area (Å²) in [6, 6.07) is 8.39. The van der Waals surface area contributed by atoms with Crippen molar-refractivity contribution in [1.29, 1.82) is 0 Å². The first-order chi connectivity index (χ1) is 12.2. The number of halogens is 1. The Kier molecular flexibility index (Phi) is 6.12. The second-order valence-corrected chi connectivity index (χ2v) is 8.03. The number of sulfonamides is 1. The lowest BCUT2D eigenvalue weighted by Gasteiger charge is -2.16. The monoisotopic (exact) mass is 398 g/mol. The number of rotatable bonds is 6. The lowest BCUT2D eigenvalue weighted by molar-refractivity contribution is 0.102. The van der Waals surface area contributed by atoms with Crippen molar-refractivity contribution in [3.05, 3.63) is 47.0 Å². The molecule has 0 aromatic heterocycles. The van der Waals surface area contributed by atoms with E-state index in [9.17, 15) is 18.3 Å². The molecule has 2 rings (SSSR count). The number of carbonyl (C=O) groups is 1. The van der Waals surface area contributed by atoms with Crippen LogP contribution in [0, 0.1) is 0 Å². The molecule has 2 aromatic carbocycles. The smallest absolute Gasteiger partial charge is 0.255 e. The Balaban J connectivity index is 2.38. The van der Waals surface area contributed by atoms with Gasteiger partial charge in [0.25, 0.3) is 5.91 Å². The summed E-state index contributed by atoms with van der Waals surface area (Å²) < 4.78 is 31.5. The molecule has 0 aliphatic rings. The van der Waals surface area contributed by atoms with E-state index in [0.29, 0.717) is 6.61 Å². The molecule has 0 unspecified atom stereocenters. The first-order valence-electron chi connectivity index (χ1n) is 7.66. The molecule has 7 nitrogen and oxygen atoms in total. The zero-order valence-electron chi connectivity index (χ0n) is 14.5. The van der Waals surface area contributed by atoms with Crippen molar-refractivity contribution in [2.24, 2.45) is 0 Å². The molecule has 0 saturated heterocycles. The summed E-state index contributed by atoms with van der Waals surface area (Å²) in [6.07, 6.45) is 0. The number of hydrogen-bond donors (Lipinski definition) is 2. The van der Waals surface area contributed by atoms with Crippen LogP contribution in [0.2, 0.25) is 5.02 Å². The minimum Gasteiger partial charge on any atom is -0.506 e. The van der Waals surface area contributed by atoms with E-state index in [1.54, 1.807) is 13.0 Å². The van der Waals surface area contributed by atoms with E-state index in [0.717, 1.165) is 4.31 Å². The number of carbonyl (C=O) groups excluding carboxylic acids is 1. The second-order valence-electron chi connectivity index (χ2n) is 5.50. The van der Waals surface area contributed by atoms with Gasteiger partial charge in [0.15, 0.2) is 0 Å². The second kappa shape index (κ2) is 7.94. The van der Waals surface area contributed by atoms with Gasteiger partial charge in [-0.1, -0.05) is 11.6 Å². The molecule has 0 bridgehead atoms. The Bertz CT molecular complexity index is 929. The van der Waals surface area contributed by atoms with Gasteiger partial charge in [-0.2, -0.15) is 0 Å². The van der Waals surface area contributed by atoms with Gasteiger partial charge in [0.05, 0.1) is 11.6 Å². The van der Waals surface area contributed by atoms with Gasteiger partial charge < -0.3 is 15.2 Å². The van der Waals surface area contributed by atoms with Gasteiger partial charge in [-0.25, -0.2) is 12.7 Å². The number of phenolic OH excluding ortho intramolecular Hbond substituents is 1. The molecule has 26 heavy (non-hydrogen) atoms. The summed E-state index contributed by atoms with van der Waals surface area (Å²) in [5.41, 5.74) is 0.502. The SMILES string of the molecule is CCOc1ccc(NC(=O)c2ccc(O)c(Cl)c2)cc1S(=O)(=O)N(C)C. The van der Waals surface area contributed by atoms with E-state index < -0.39 is 15.9 Å². The molecule has 0 saturated carbocycles. The molecule has 0 atom stereocenters. The third-order valence-electron chi connectivity index (χ3n) is 3.47. The van der Waals surface area contributed by atoms with Gasteiger partial charge >= 0.3 is 0 Å². The molecule has 140 valence electrons. The maximum Gasteiger partial charge on any atom is 0.255 e. The number of phenols is 1. The first kappa shape index (κ1) is 20.0. The van der Waals surface area contributed by atoms with Gasteiger partial charge in [0.1, 0.15) is 16.4 Å². The minimum absolute atomic E-state index is 0.0419. The predicted octanol–water partition coefficient (Wildman–Crippen LogP) is 2.95. The van der Waals surface area contributed by atoms with Crippen LogP contribution in [0.3, 0.4) is 0 Å². The van der Waals surface area contributed by atoms with Crippen LogP contribution in [0.15, 0.2) is 41.3 Å². The van der Waals surface area contributed by atoms with Crippen LogP contribution < -0.4 is 10.1 Å². The lowest BCUT2D eigenvalue weighted by atomic mass is 10.2. The molecular formula is C17H19ClN2O5S. The molecule has 0 fully saturated rings. The van der Waals surface area contributed by atoms with E-state index in [-0.39, 0.29) is 32.7 Å². The highest BCUT2D eigenvalue weighted by Gasteiger charge is 2.23. The van der Waals surface area contributed by atoms with Gasteiger partial charge in [0, 0.05) is 25.3 Å². The number of hydrogen-bond acceptors (Lipinski definition) is 5. The average Bonchev–Trinajstić information content (AvgIpc) is 2.58. The summed E-state index contributed by atoms with van der Waals surface area (Å²) in [4.78, 5) is 12.3. The summed E-state index contributed by atoms with van der Waals surface area (Å²) >= 11 is 5.80. The molecule has 1 amide bonds. The van der Waals surface area contributed by atoms with E-state index in [4.69, 9.17) is 16.3 Å². The van der Waals surface area contributed by atoms with Gasteiger partial charge in [-0.05, 0) is 43.3 Å². The van der Waals surface area contributed by atoms with E-state index in [2.05, 4.69) is 5.32 Å². The van der Waals surface area contributed by atoms with E-state index >= 15 is 0 Å². The number of nitrogens with zero attached hydrogens (tertiary/aromatic N) is 1. The normalized spacial score (nSPS) is 11.4. The Morgan fingerprint density at radius 1 is 1.23 bits per heavy atom. The molecule has 0 aliphatic carbocycles. The number of amides is 1. The topological polar surface area (TPSA) is 95.9 Å². The highest BCUT2D eigenvalue weighted by Crippen LogP contribution is 2.30. The predicted molar refractivity (Wildman–Crippen MR) is 99.6 cm³/mol. The van der Waals surface area contributed by atoms with Gasteiger partial charge in [-0.3, -0.25) is 4.79 Å². The zero-order chi connectivity index (χ0) is 19.5.